The molecule has 2 aliphatic rings. The Morgan fingerprint density at radius 2 is 1.81 bits per heavy atom. The summed E-state index contributed by atoms with van der Waals surface area (Å²) in [6, 6.07) is 18.6. The summed E-state index contributed by atoms with van der Waals surface area (Å²) >= 11 is 0. The van der Waals surface area contributed by atoms with Crippen molar-refractivity contribution in [3.05, 3.63) is 88.9 Å². The van der Waals surface area contributed by atoms with Gasteiger partial charge in [0.2, 0.25) is 12.7 Å². The summed E-state index contributed by atoms with van der Waals surface area (Å²) < 4.78 is 25.5. The van der Waals surface area contributed by atoms with E-state index in [2.05, 4.69) is 31.1 Å². The number of hydrogen-bond donors (Lipinski definition) is 2. The summed E-state index contributed by atoms with van der Waals surface area (Å²) in [5.41, 5.74) is 4.72. The Balaban J connectivity index is 1.34. The lowest BCUT2D eigenvalue weighted by molar-refractivity contribution is -0.118. The molecule has 184 valence electrons. The van der Waals surface area contributed by atoms with E-state index in [9.17, 15) is 9.18 Å². The molecule has 2 N–H and O–H groups in total. The third-order valence-electron chi connectivity index (χ3n) is 7.35. The number of hydrogen-bond acceptors (Lipinski definition) is 3. The van der Waals surface area contributed by atoms with E-state index in [4.69, 9.17) is 9.47 Å². The highest BCUT2D eigenvalue weighted by atomic mass is 19.1. The number of H-pyrrole nitrogens is 1. The van der Waals surface area contributed by atoms with Crippen LogP contribution in [0, 0.1) is 5.82 Å². The van der Waals surface area contributed by atoms with E-state index < -0.39 is 5.41 Å². The highest BCUT2D eigenvalue weighted by Gasteiger charge is 2.51. The number of nitrogens with one attached hydrogen (secondary N) is 2. The number of aromatic amines is 1. The largest absolute Gasteiger partial charge is 0.454 e. The van der Waals surface area contributed by atoms with Crippen molar-refractivity contribution in [2.24, 2.45) is 0 Å². The van der Waals surface area contributed by atoms with E-state index in [0.717, 1.165) is 46.3 Å². The van der Waals surface area contributed by atoms with E-state index in [1.54, 1.807) is 6.07 Å². The molecule has 1 amide bonds. The van der Waals surface area contributed by atoms with Crippen LogP contribution in [0.4, 0.5) is 10.1 Å². The average Bonchev–Trinajstić information content (AvgIpc) is 3.39. The lowest BCUT2D eigenvalue weighted by Crippen LogP contribution is -2.27. The Hall–Kier alpha value is -3.80. The minimum atomic E-state index is -0.555. The molecule has 6 rings (SSSR count). The maximum absolute atomic E-state index is 14.6. The fourth-order valence-corrected chi connectivity index (χ4v) is 5.20. The molecule has 3 aromatic carbocycles. The Morgan fingerprint density at radius 1 is 1.03 bits per heavy atom. The second-order valence-electron chi connectivity index (χ2n) is 10.9. The van der Waals surface area contributed by atoms with Crippen molar-refractivity contribution in [3.63, 3.8) is 0 Å². The van der Waals surface area contributed by atoms with Gasteiger partial charge in [-0.3, -0.25) is 4.79 Å². The molecule has 0 unspecified atom stereocenters. The lowest BCUT2D eigenvalue weighted by Gasteiger charge is -2.20. The van der Waals surface area contributed by atoms with Crippen molar-refractivity contribution in [2.75, 3.05) is 12.1 Å². The van der Waals surface area contributed by atoms with Gasteiger partial charge in [0.1, 0.15) is 5.82 Å². The molecule has 1 aromatic heterocycles. The van der Waals surface area contributed by atoms with Gasteiger partial charge in [-0.25, -0.2) is 4.39 Å². The fourth-order valence-electron chi connectivity index (χ4n) is 5.20. The molecule has 0 bridgehead atoms. The molecule has 0 spiro atoms. The van der Waals surface area contributed by atoms with Crippen LogP contribution in [-0.2, 0) is 22.0 Å². The molecule has 1 aliphatic heterocycles. The zero-order valence-corrected chi connectivity index (χ0v) is 20.7. The molecule has 1 fully saturated rings. The number of carbonyl (C=O) groups excluding carboxylic acids is 1. The molecule has 36 heavy (non-hydrogen) atoms. The van der Waals surface area contributed by atoms with Crippen LogP contribution in [0.15, 0.2) is 60.7 Å². The zero-order chi connectivity index (χ0) is 25.1. The van der Waals surface area contributed by atoms with Crippen LogP contribution in [0.25, 0.3) is 10.9 Å². The number of carbonyl (C=O) groups is 1. The second kappa shape index (κ2) is 8.12. The molecule has 1 saturated carbocycles. The predicted molar refractivity (Wildman–Crippen MR) is 138 cm³/mol. The number of amides is 1. The number of ether oxygens (including phenoxy) is 2. The lowest BCUT2D eigenvalue weighted by atomic mass is 9.87. The molecule has 4 aromatic rings. The molecule has 2 heterocycles. The number of benzene rings is 3. The minimum absolute atomic E-state index is 0.0250. The SMILES string of the molecule is CC(C)(C)c1[nH]c2ccc(NC(=O)C3(c4ccc5c(c4)OCO5)CC3)cc2c1Cc1ccccc1F. The number of anilines is 1. The van der Waals surface area contributed by atoms with Crippen LogP contribution in [0.2, 0.25) is 0 Å². The summed E-state index contributed by atoms with van der Waals surface area (Å²) in [4.78, 5) is 17.0. The van der Waals surface area contributed by atoms with E-state index in [0.29, 0.717) is 23.5 Å². The summed E-state index contributed by atoms with van der Waals surface area (Å²) in [6.07, 6.45) is 2.05. The van der Waals surface area contributed by atoms with Crippen molar-refractivity contribution in [3.8, 4) is 11.5 Å². The third-order valence-corrected chi connectivity index (χ3v) is 7.35. The summed E-state index contributed by atoms with van der Waals surface area (Å²) in [5, 5.41) is 4.15. The Kier molecular flexibility index (Phi) is 5.11. The quantitative estimate of drug-likeness (QED) is 0.336. The average molecular weight is 485 g/mol. The molecule has 0 radical (unpaired) electrons. The van der Waals surface area contributed by atoms with Gasteiger partial charge in [0.25, 0.3) is 0 Å². The van der Waals surface area contributed by atoms with Gasteiger partial charge in [-0.1, -0.05) is 45.0 Å². The molecule has 5 nitrogen and oxygen atoms in total. The van der Waals surface area contributed by atoms with Gasteiger partial charge in [0.15, 0.2) is 11.5 Å². The van der Waals surface area contributed by atoms with Crippen LogP contribution >= 0.6 is 0 Å². The second-order valence-corrected chi connectivity index (χ2v) is 10.9. The van der Waals surface area contributed by atoms with Crippen molar-refractivity contribution in [1.29, 1.82) is 0 Å². The van der Waals surface area contributed by atoms with E-state index in [-0.39, 0.29) is 23.9 Å². The maximum atomic E-state index is 14.6. The van der Waals surface area contributed by atoms with E-state index in [1.165, 1.54) is 6.07 Å². The molecule has 6 heteroatoms. The van der Waals surface area contributed by atoms with E-state index in [1.807, 2.05) is 48.5 Å². The van der Waals surface area contributed by atoms with Crippen LogP contribution in [0.1, 0.15) is 56.0 Å². The van der Waals surface area contributed by atoms with Gasteiger partial charge < -0.3 is 19.8 Å². The normalized spacial score (nSPS) is 15.8. The van der Waals surface area contributed by atoms with Crippen molar-refractivity contribution in [2.45, 2.75) is 50.9 Å². The number of rotatable bonds is 5. The van der Waals surface area contributed by atoms with Gasteiger partial charge in [-0.2, -0.15) is 0 Å². The minimum Gasteiger partial charge on any atom is -0.454 e. The van der Waals surface area contributed by atoms with Gasteiger partial charge in [0.05, 0.1) is 5.41 Å². The van der Waals surface area contributed by atoms with Crippen molar-refractivity contribution in [1.82, 2.24) is 4.98 Å². The smallest absolute Gasteiger partial charge is 0.235 e. The number of halogens is 1. The van der Waals surface area contributed by atoms with Crippen molar-refractivity contribution >= 4 is 22.5 Å². The Bertz CT molecular complexity index is 1490. The molecular formula is C30H29FN2O3. The maximum Gasteiger partial charge on any atom is 0.235 e. The first-order valence-electron chi connectivity index (χ1n) is 12.3. The van der Waals surface area contributed by atoms with Gasteiger partial charge in [-0.05, 0) is 65.9 Å². The first-order chi connectivity index (χ1) is 17.2. The summed E-state index contributed by atoms with van der Waals surface area (Å²) in [6.45, 7) is 6.65. The fraction of sp³-hybridized carbons (Fsp3) is 0.300. The molecule has 0 saturated heterocycles. The zero-order valence-electron chi connectivity index (χ0n) is 20.7. The highest BCUT2D eigenvalue weighted by molar-refractivity contribution is 6.03. The van der Waals surface area contributed by atoms with Crippen LogP contribution in [0.5, 0.6) is 11.5 Å². The number of fused-ring (bicyclic) bond motifs is 2. The summed E-state index contributed by atoms with van der Waals surface area (Å²) in [5.74, 6) is 1.16. The van der Waals surface area contributed by atoms with Crippen LogP contribution in [0.3, 0.4) is 0 Å². The molecule has 1 aliphatic carbocycles. The topological polar surface area (TPSA) is 63.4 Å². The predicted octanol–water partition coefficient (Wildman–Crippen LogP) is 6.59. The monoisotopic (exact) mass is 484 g/mol. The first-order valence-corrected chi connectivity index (χ1v) is 12.3. The summed E-state index contributed by atoms with van der Waals surface area (Å²) in [7, 11) is 0. The molecule has 0 atom stereocenters. The van der Waals surface area contributed by atoms with Gasteiger partial charge in [-0.15, -0.1) is 0 Å². The van der Waals surface area contributed by atoms with Crippen molar-refractivity contribution < 1.29 is 18.7 Å². The highest BCUT2D eigenvalue weighted by Crippen LogP contribution is 2.51. The van der Waals surface area contributed by atoms with Gasteiger partial charge >= 0.3 is 0 Å². The Labute approximate surface area is 209 Å². The third kappa shape index (κ3) is 3.81. The molecular weight excluding hydrogens is 455 g/mol. The van der Waals surface area contributed by atoms with Gasteiger partial charge in [0, 0.05) is 34.1 Å². The van der Waals surface area contributed by atoms with Crippen LogP contribution < -0.4 is 14.8 Å². The first kappa shape index (κ1) is 22.7. The number of aromatic nitrogens is 1. The van der Waals surface area contributed by atoms with E-state index >= 15 is 0 Å². The standard InChI is InChI=1S/C30H29FN2O3/c1-29(2,3)27-22(14-18-6-4-5-7-23(18)31)21-16-20(9-10-24(21)33-27)32-28(34)30(12-13-30)19-8-11-25-26(15-19)36-17-35-25/h4-11,15-16,33H,12-14,17H2,1-3H3,(H,32,34). The Morgan fingerprint density at radius 3 is 2.56 bits per heavy atom. The van der Waals surface area contributed by atoms with Crippen LogP contribution in [-0.4, -0.2) is 17.7 Å².